The largest absolute Gasteiger partial charge is 0.391 e. The highest BCUT2D eigenvalue weighted by molar-refractivity contribution is 5.79. The number of aliphatic hydroxyl groups is 1. The normalized spacial score (nSPS) is 12.7. The maximum absolute atomic E-state index is 12.2. The molecular formula is C18H22N4O2. The Balaban J connectivity index is 2.07. The monoisotopic (exact) mass is 326 g/mol. The molecule has 0 radical (unpaired) electrons. The molecule has 6 heteroatoms. The van der Waals surface area contributed by atoms with Gasteiger partial charge in [0.1, 0.15) is 11.6 Å². The van der Waals surface area contributed by atoms with Crippen molar-refractivity contribution < 1.29 is 5.11 Å². The lowest BCUT2D eigenvalue weighted by Gasteiger charge is -2.15. The van der Waals surface area contributed by atoms with E-state index in [2.05, 4.69) is 14.6 Å². The van der Waals surface area contributed by atoms with Crippen molar-refractivity contribution >= 4 is 10.9 Å². The zero-order chi connectivity index (χ0) is 17.3. The first-order chi connectivity index (χ1) is 11.5. The van der Waals surface area contributed by atoms with Crippen molar-refractivity contribution in [3.63, 3.8) is 0 Å². The molecule has 0 aliphatic rings. The molecular weight excluding hydrogens is 304 g/mol. The Bertz CT molecular complexity index is 926. The predicted molar refractivity (Wildman–Crippen MR) is 93.1 cm³/mol. The lowest BCUT2D eigenvalue weighted by molar-refractivity contribution is 0.143. The molecule has 0 spiro atoms. The van der Waals surface area contributed by atoms with Gasteiger partial charge in [-0.1, -0.05) is 19.1 Å². The molecule has 0 aliphatic heterocycles. The number of hydrogen-bond acceptors (Lipinski definition) is 4. The Kier molecular flexibility index (Phi) is 4.49. The first-order valence-corrected chi connectivity index (χ1v) is 8.17. The van der Waals surface area contributed by atoms with Gasteiger partial charge in [0.2, 0.25) is 0 Å². The van der Waals surface area contributed by atoms with Crippen molar-refractivity contribution in [2.24, 2.45) is 0 Å². The number of benzene rings is 1. The summed E-state index contributed by atoms with van der Waals surface area (Å²) in [5.74, 6) is 1.45. The van der Waals surface area contributed by atoms with Gasteiger partial charge in [0.25, 0.3) is 0 Å². The molecule has 24 heavy (non-hydrogen) atoms. The van der Waals surface area contributed by atoms with Crippen LogP contribution in [0.2, 0.25) is 0 Å². The molecule has 1 atom stereocenters. The van der Waals surface area contributed by atoms with Crippen LogP contribution in [0.3, 0.4) is 0 Å². The Labute approximate surface area is 140 Å². The van der Waals surface area contributed by atoms with Crippen LogP contribution in [0.4, 0.5) is 0 Å². The first kappa shape index (κ1) is 16.4. The molecule has 2 heterocycles. The summed E-state index contributed by atoms with van der Waals surface area (Å²) in [5, 5.41) is 15.0. The number of aryl methyl sites for hydroxylation is 2. The number of hydrogen-bond donors (Lipinski definition) is 1. The molecule has 0 amide bonds. The number of fused-ring (bicyclic) bond motifs is 1. The fourth-order valence-corrected chi connectivity index (χ4v) is 2.90. The SMILES string of the molecule is CCC(O)Cn1nc(C)nc1Cn1c(C)cc(=O)c2ccccc21. The number of aliphatic hydroxyl groups excluding tert-OH is 1. The fraction of sp³-hybridized carbons (Fsp3) is 0.389. The van der Waals surface area contributed by atoms with E-state index in [1.807, 2.05) is 45.0 Å². The third-order valence-electron chi connectivity index (χ3n) is 4.23. The van der Waals surface area contributed by atoms with E-state index in [-0.39, 0.29) is 5.43 Å². The van der Waals surface area contributed by atoms with E-state index >= 15 is 0 Å². The van der Waals surface area contributed by atoms with Crippen LogP contribution in [0, 0.1) is 13.8 Å². The zero-order valence-corrected chi connectivity index (χ0v) is 14.2. The quantitative estimate of drug-likeness (QED) is 0.778. The van der Waals surface area contributed by atoms with Crippen LogP contribution in [-0.4, -0.2) is 30.5 Å². The molecule has 6 nitrogen and oxygen atoms in total. The summed E-state index contributed by atoms with van der Waals surface area (Å²) >= 11 is 0. The maximum atomic E-state index is 12.2. The van der Waals surface area contributed by atoms with Crippen LogP contribution in [0.5, 0.6) is 0 Å². The van der Waals surface area contributed by atoms with Crippen molar-refractivity contribution in [3.8, 4) is 0 Å². The summed E-state index contributed by atoms with van der Waals surface area (Å²) in [4.78, 5) is 16.7. The molecule has 0 fully saturated rings. The van der Waals surface area contributed by atoms with E-state index < -0.39 is 6.10 Å². The Hall–Kier alpha value is -2.47. The van der Waals surface area contributed by atoms with Crippen molar-refractivity contribution in [1.82, 2.24) is 19.3 Å². The predicted octanol–water partition coefficient (Wildman–Crippen LogP) is 2.03. The van der Waals surface area contributed by atoms with E-state index in [9.17, 15) is 9.90 Å². The van der Waals surface area contributed by atoms with Crippen LogP contribution < -0.4 is 5.43 Å². The van der Waals surface area contributed by atoms with E-state index in [1.165, 1.54) is 0 Å². The van der Waals surface area contributed by atoms with Gasteiger partial charge in [-0.2, -0.15) is 5.10 Å². The summed E-state index contributed by atoms with van der Waals surface area (Å²) in [6.45, 7) is 6.62. The summed E-state index contributed by atoms with van der Waals surface area (Å²) in [6.07, 6.45) is 0.218. The van der Waals surface area contributed by atoms with Gasteiger partial charge in [-0.3, -0.25) is 4.79 Å². The van der Waals surface area contributed by atoms with Crippen LogP contribution in [-0.2, 0) is 13.1 Å². The summed E-state index contributed by atoms with van der Waals surface area (Å²) in [6, 6.07) is 9.22. The number of rotatable bonds is 5. The third-order valence-corrected chi connectivity index (χ3v) is 4.23. The number of para-hydroxylation sites is 1. The smallest absolute Gasteiger partial charge is 0.189 e. The van der Waals surface area contributed by atoms with Crippen molar-refractivity contribution in [2.75, 3.05) is 0 Å². The molecule has 1 unspecified atom stereocenters. The molecule has 1 N–H and O–H groups in total. The molecule has 3 aromatic rings. The summed E-state index contributed by atoms with van der Waals surface area (Å²) < 4.78 is 3.82. The van der Waals surface area contributed by atoms with Gasteiger partial charge >= 0.3 is 0 Å². The third kappa shape index (κ3) is 3.10. The minimum atomic E-state index is -0.447. The maximum Gasteiger partial charge on any atom is 0.189 e. The molecule has 3 rings (SSSR count). The van der Waals surface area contributed by atoms with Crippen LogP contribution >= 0.6 is 0 Å². The van der Waals surface area contributed by atoms with Crippen LogP contribution in [0.1, 0.15) is 30.7 Å². The fourth-order valence-electron chi connectivity index (χ4n) is 2.90. The Morgan fingerprint density at radius 1 is 1.25 bits per heavy atom. The first-order valence-electron chi connectivity index (χ1n) is 8.17. The van der Waals surface area contributed by atoms with E-state index in [4.69, 9.17) is 0 Å². The molecule has 0 saturated heterocycles. The number of nitrogens with zero attached hydrogens (tertiary/aromatic N) is 4. The standard InChI is InChI=1S/C18H22N4O2/c1-4-14(23)10-22-18(19-13(3)20-22)11-21-12(2)9-17(24)15-7-5-6-8-16(15)21/h5-9,14,23H,4,10-11H2,1-3H3. The second kappa shape index (κ2) is 6.57. The van der Waals surface area contributed by atoms with Gasteiger partial charge in [0, 0.05) is 17.1 Å². The lowest BCUT2D eigenvalue weighted by Crippen LogP contribution is -2.20. The number of aromatic nitrogens is 4. The van der Waals surface area contributed by atoms with Gasteiger partial charge in [0.15, 0.2) is 5.43 Å². The highest BCUT2D eigenvalue weighted by Crippen LogP contribution is 2.15. The van der Waals surface area contributed by atoms with Gasteiger partial charge in [-0.05, 0) is 32.4 Å². The van der Waals surface area contributed by atoms with Crippen LogP contribution in [0.15, 0.2) is 35.1 Å². The number of pyridine rings is 1. The second-order valence-electron chi connectivity index (χ2n) is 6.07. The van der Waals surface area contributed by atoms with Crippen molar-refractivity contribution in [3.05, 3.63) is 57.9 Å². The van der Waals surface area contributed by atoms with E-state index in [0.29, 0.717) is 30.7 Å². The topological polar surface area (TPSA) is 72.9 Å². The van der Waals surface area contributed by atoms with Gasteiger partial charge < -0.3 is 9.67 Å². The second-order valence-corrected chi connectivity index (χ2v) is 6.07. The van der Waals surface area contributed by atoms with Gasteiger partial charge in [-0.25, -0.2) is 9.67 Å². The minimum absolute atomic E-state index is 0.0263. The van der Waals surface area contributed by atoms with Crippen LogP contribution in [0.25, 0.3) is 10.9 Å². The van der Waals surface area contributed by atoms with Gasteiger partial charge in [-0.15, -0.1) is 0 Å². The average molecular weight is 326 g/mol. The van der Waals surface area contributed by atoms with E-state index in [0.717, 1.165) is 17.0 Å². The molecule has 126 valence electrons. The molecule has 0 bridgehead atoms. The molecule has 1 aromatic carbocycles. The van der Waals surface area contributed by atoms with Crippen molar-refractivity contribution in [2.45, 2.75) is 46.4 Å². The Morgan fingerprint density at radius 3 is 2.75 bits per heavy atom. The Morgan fingerprint density at radius 2 is 2.00 bits per heavy atom. The van der Waals surface area contributed by atoms with Crippen molar-refractivity contribution in [1.29, 1.82) is 0 Å². The lowest BCUT2D eigenvalue weighted by atomic mass is 10.2. The highest BCUT2D eigenvalue weighted by Gasteiger charge is 2.14. The highest BCUT2D eigenvalue weighted by atomic mass is 16.3. The molecule has 0 aliphatic carbocycles. The van der Waals surface area contributed by atoms with E-state index in [1.54, 1.807) is 10.7 Å². The van der Waals surface area contributed by atoms with Gasteiger partial charge in [0.05, 0.1) is 24.7 Å². The zero-order valence-electron chi connectivity index (χ0n) is 14.2. The average Bonchev–Trinajstić information content (AvgIpc) is 2.90. The summed E-state index contributed by atoms with van der Waals surface area (Å²) in [5.41, 5.74) is 1.78. The minimum Gasteiger partial charge on any atom is -0.391 e. The molecule has 2 aromatic heterocycles. The molecule has 0 saturated carbocycles. The summed E-state index contributed by atoms with van der Waals surface area (Å²) in [7, 11) is 0.